The molecule has 0 radical (unpaired) electrons. The number of carbonyl (C=O) groups excluding carboxylic acids is 1. The van der Waals surface area contributed by atoms with Crippen molar-refractivity contribution in [2.75, 3.05) is 12.4 Å². The third kappa shape index (κ3) is 5.12. The van der Waals surface area contributed by atoms with Crippen LogP contribution in [0.4, 0.5) is 10.1 Å². The van der Waals surface area contributed by atoms with Crippen LogP contribution in [0.2, 0.25) is 0 Å². The first kappa shape index (κ1) is 21.5. The molecule has 0 aliphatic carbocycles. The monoisotopic (exact) mass is 448 g/mol. The molecule has 0 unspecified atom stereocenters. The van der Waals surface area contributed by atoms with E-state index in [1.807, 2.05) is 43.3 Å². The van der Waals surface area contributed by atoms with Gasteiger partial charge in [-0.05, 0) is 60.5 Å². The van der Waals surface area contributed by atoms with Crippen LogP contribution in [0, 0.1) is 12.7 Å². The van der Waals surface area contributed by atoms with Crippen molar-refractivity contribution in [2.24, 2.45) is 0 Å². The average molecular weight is 449 g/mol. The lowest BCUT2D eigenvalue weighted by molar-refractivity contribution is 0.102. The van der Waals surface area contributed by atoms with Crippen molar-refractivity contribution < 1.29 is 18.7 Å². The smallest absolute Gasteiger partial charge is 0.275 e. The number of thiazole rings is 1. The van der Waals surface area contributed by atoms with Gasteiger partial charge < -0.3 is 14.8 Å². The molecule has 1 heterocycles. The molecule has 0 bridgehead atoms. The molecule has 1 N–H and O–H groups in total. The Kier molecular flexibility index (Phi) is 6.47. The minimum Gasteiger partial charge on any atom is -0.493 e. The number of aromatic nitrogens is 1. The second-order valence-electron chi connectivity index (χ2n) is 7.15. The maximum atomic E-state index is 13.4. The lowest BCUT2D eigenvalue weighted by atomic mass is 10.2. The Labute approximate surface area is 189 Å². The quantitative estimate of drug-likeness (QED) is 0.371. The number of nitrogens with zero attached hydrogens (tertiary/aromatic N) is 1. The summed E-state index contributed by atoms with van der Waals surface area (Å²) in [5, 5.41) is 5.28. The van der Waals surface area contributed by atoms with Crippen LogP contribution in [0.3, 0.4) is 0 Å². The zero-order valence-electron chi connectivity index (χ0n) is 17.6. The highest BCUT2D eigenvalue weighted by atomic mass is 32.1. The van der Waals surface area contributed by atoms with Crippen molar-refractivity contribution in [1.82, 2.24) is 4.98 Å². The fourth-order valence-corrected chi connectivity index (χ4v) is 3.93. The highest BCUT2D eigenvalue weighted by Gasteiger charge is 2.14. The van der Waals surface area contributed by atoms with Gasteiger partial charge in [-0.1, -0.05) is 24.3 Å². The lowest BCUT2D eigenvalue weighted by Gasteiger charge is -2.12. The van der Waals surface area contributed by atoms with E-state index in [0.29, 0.717) is 22.2 Å². The van der Waals surface area contributed by atoms with Crippen LogP contribution in [0.1, 0.15) is 21.6 Å². The number of nitrogens with one attached hydrogen (secondary N) is 1. The maximum Gasteiger partial charge on any atom is 0.275 e. The number of carbonyl (C=O) groups is 1. The van der Waals surface area contributed by atoms with Gasteiger partial charge in [-0.2, -0.15) is 0 Å². The number of hydrogen-bond acceptors (Lipinski definition) is 5. The molecule has 0 saturated heterocycles. The highest BCUT2D eigenvalue weighted by molar-refractivity contribution is 7.13. The van der Waals surface area contributed by atoms with Gasteiger partial charge in [-0.3, -0.25) is 4.79 Å². The topological polar surface area (TPSA) is 60.5 Å². The van der Waals surface area contributed by atoms with Gasteiger partial charge in [0.2, 0.25) is 0 Å². The Bertz CT molecular complexity index is 1260. The number of ether oxygens (including phenoxy) is 2. The van der Waals surface area contributed by atoms with Crippen molar-refractivity contribution in [2.45, 2.75) is 13.5 Å². The molecule has 1 aromatic heterocycles. The summed E-state index contributed by atoms with van der Waals surface area (Å²) in [4.78, 5) is 17.0. The lowest BCUT2D eigenvalue weighted by Crippen LogP contribution is -2.12. The van der Waals surface area contributed by atoms with E-state index in [1.54, 1.807) is 30.7 Å². The van der Waals surface area contributed by atoms with Gasteiger partial charge in [0.1, 0.15) is 23.1 Å². The van der Waals surface area contributed by atoms with Crippen molar-refractivity contribution >= 4 is 22.9 Å². The molecule has 0 aliphatic rings. The van der Waals surface area contributed by atoms with Crippen LogP contribution in [0.25, 0.3) is 10.6 Å². The van der Waals surface area contributed by atoms with Crippen LogP contribution in [0.15, 0.2) is 72.1 Å². The van der Waals surface area contributed by atoms with E-state index in [9.17, 15) is 9.18 Å². The van der Waals surface area contributed by atoms with Crippen LogP contribution < -0.4 is 14.8 Å². The van der Waals surface area contributed by atoms with E-state index in [4.69, 9.17) is 9.47 Å². The summed E-state index contributed by atoms with van der Waals surface area (Å²) in [6, 6.07) is 19.3. The third-order valence-corrected chi connectivity index (χ3v) is 5.60. The first-order valence-corrected chi connectivity index (χ1v) is 10.8. The number of methoxy groups -OCH3 is 1. The molecule has 0 fully saturated rings. The van der Waals surface area contributed by atoms with E-state index in [2.05, 4.69) is 10.3 Å². The van der Waals surface area contributed by atoms with Crippen LogP contribution >= 0.6 is 11.3 Å². The standard InChI is InChI=1S/C25H21FN2O3S/c1-16-5-3-8-20(11-16)27-24(29)21-15-32-25(28-21)18-9-10-22(23(13-18)30-2)31-14-17-6-4-7-19(26)12-17/h3-13,15H,14H2,1-2H3,(H,27,29). The van der Waals surface area contributed by atoms with Crippen molar-refractivity contribution in [3.63, 3.8) is 0 Å². The van der Waals surface area contributed by atoms with E-state index in [1.165, 1.54) is 23.5 Å². The Balaban J connectivity index is 1.48. The molecule has 0 spiro atoms. The summed E-state index contributed by atoms with van der Waals surface area (Å²) in [6.45, 7) is 2.18. The predicted molar refractivity (Wildman–Crippen MR) is 124 cm³/mol. The fourth-order valence-electron chi connectivity index (χ4n) is 3.14. The third-order valence-electron chi connectivity index (χ3n) is 4.71. The number of aryl methyl sites for hydroxylation is 1. The van der Waals surface area contributed by atoms with E-state index in [-0.39, 0.29) is 18.3 Å². The number of halogens is 1. The van der Waals surface area contributed by atoms with Gasteiger partial charge in [0, 0.05) is 16.6 Å². The van der Waals surface area contributed by atoms with Crippen LogP contribution in [-0.2, 0) is 6.61 Å². The number of hydrogen-bond donors (Lipinski definition) is 1. The molecule has 1 amide bonds. The average Bonchev–Trinajstić information content (AvgIpc) is 3.28. The van der Waals surface area contributed by atoms with Gasteiger partial charge in [0.25, 0.3) is 5.91 Å². The Hall–Kier alpha value is -3.71. The van der Waals surface area contributed by atoms with Crippen LogP contribution in [-0.4, -0.2) is 18.0 Å². The molecular weight excluding hydrogens is 427 g/mol. The Morgan fingerprint density at radius 2 is 1.91 bits per heavy atom. The molecule has 0 aliphatic heterocycles. The van der Waals surface area contributed by atoms with Gasteiger partial charge in [0.15, 0.2) is 11.5 Å². The molecule has 162 valence electrons. The van der Waals surface area contributed by atoms with Gasteiger partial charge >= 0.3 is 0 Å². The number of rotatable bonds is 7. The maximum absolute atomic E-state index is 13.4. The number of amides is 1. The van der Waals surface area contributed by atoms with Crippen molar-refractivity contribution in [3.05, 3.63) is 94.7 Å². The molecule has 4 rings (SSSR count). The highest BCUT2D eigenvalue weighted by Crippen LogP contribution is 2.34. The predicted octanol–water partition coefficient (Wildman–Crippen LogP) is 6.10. The SMILES string of the molecule is COc1cc(-c2nc(C(=O)Nc3cccc(C)c3)cs2)ccc1OCc1cccc(F)c1. The zero-order valence-corrected chi connectivity index (χ0v) is 18.4. The summed E-state index contributed by atoms with van der Waals surface area (Å²) in [5.41, 5.74) is 3.66. The van der Waals surface area contributed by atoms with Gasteiger partial charge in [-0.25, -0.2) is 9.37 Å². The summed E-state index contributed by atoms with van der Waals surface area (Å²) < 4.78 is 24.6. The summed E-state index contributed by atoms with van der Waals surface area (Å²) in [7, 11) is 1.55. The van der Waals surface area contributed by atoms with Crippen molar-refractivity contribution in [3.8, 4) is 22.1 Å². The summed E-state index contributed by atoms with van der Waals surface area (Å²) in [6.07, 6.45) is 0. The van der Waals surface area contributed by atoms with Crippen molar-refractivity contribution in [1.29, 1.82) is 0 Å². The molecule has 3 aromatic carbocycles. The first-order valence-electron chi connectivity index (χ1n) is 9.91. The summed E-state index contributed by atoms with van der Waals surface area (Å²) in [5.74, 6) is 0.494. The Morgan fingerprint density at radius 1 is 1.06 bits per heavy atom. The second kappa shape index (κ2) is 9.62. The number of anilines is 1. The molecule has 32 heavy (non-hydrogen) atoms. The van der Waals surface area contributed by atoms with E-state index in [0.717, 1.165) is 22.4 Å². The number of benzene rings is 3. The van der Waals surface area contributed by atoms with Gasteiger partial charge in [-0.15, -0.1) is 11.3 Å². The normalized spacial score (nSPS) is 10.6. The van der Waals surface area contributed by atoms with Gasteiger partial charge in [0.05, 0.1) is 7.11 Å². The van der Waals surface area contributed by atoms with E-state index < -0.39 is 0 Å². The molecule has 0 saturated carbocycles. The molecule has 4 aromatic rings. The molecular formula is C25H21FN2O3S. The van der Waals surface area contributed by atoms with E-state index >= 15 is 0 Å². The zero-order chi connectivity index (χ0) is 22.5. The van der Waals surface area contributed by atoms with Crippen LogP contribution in [0.5, 0.6) is 11.5 Å². The first-order chi connectivity index (χ1) is 15.5. The molecule has 5 nitrogen and oxygen atoms in total. The minimum atomic E-state index is -0.306. The molecule has 0 atom stereocenters. The summed E-state index contributed by atoms with van der Waals surface area (Å²) >= 11 is 1.37. The fraction of sp³-hybridized carbons (Fsp3) is 0.120. The molecule has 7 heteroatoms. The largest absolute Gasteiger partial charge is 0.493 e. The Morgan fingerprint density at radius 3 is 2.69 bits per heavy atom. The second-order valence-corrected chi connectivity index (χ2v) is 8.00. The minimum absolute atomic E-state index is 0.216.